The molecule has 0 aromatic heterocycles. The maximum absolute atomic E-state index is 3.99. The SMILES string of the molecule is C=C(CBr)c1ccc(CC(C)C)cc1. The summed E-state index contributed by atoms with van der Waals surface area (Å²) in [6.07, 6.45) is 1.15. The van der Waals surface area contributed by atoms with Crippen molar-refractivity contribution in [3.8, 4) is 0 Å². The summed E-state index contributed by atoms with van der Waals surface area (Å²) in [4.78, 5) is 0. The summed E-state index contributed by atoms with van der Waals surface area (Å²) in [6, 6.07) is 8.70. The van der Waals surface area contributed by atoms with Gasteiger partial charge in [-0.15, -0.1) is 0 Å². The van der Waals surface area contributed by atoms with E-state index >= 15 is 0 Å². The Morgan fingerprint density at radius 1 is 1.29 bits per heavy atom. The van der Waals surface area contributed by atoms with Crippen molar-refractivity contribution < 1.29 is 0 Å². The van der Waals surface area contributed by atoms with Crippen LogP contribution in [-0.4, -0.2) is 5.33 Å². The third-order valence-electron chi connectivity index (χ3n) is 2.17. The van der Waals surface area contributed by atoms with Gasteiger partial charge in [-0.25, -0.2) is 0 Å². The molecule has 0 bridgehead atoms. The molecule has 0 N–H and O–H groups in total. The van der Waals surface area contributed by atoms with Crippen molar-refractivity contribution in [1.82, 2.24) is 0 Å². The van der Waals surface area contributed by atoms with Crippen LogP contribution in [0.25, 0.3) is 5.57 Å². The first-order chi connectivity index (χ1) is 6.63. The third-order valence-corrected chi connectivity index (χ3v) is 2.84. The van der Waals surface area contributed by atoms with E-state index in [4.69, 9.17) is 0 Å². The molecular weight excluding hydrogens is 236 g/mol. The van der Waals surface area contributed by atoms with E-state index in [1.165, 1.54) is 11.1 Å². The van der Waals surface area contributed by atoms with Gasteiger partial charge >= 0.3 is 0 Å². The van der Waals surface area contributed by atoms with Crippen LogP contribution in [0.2, 0.25) is 0 Å². The van der Waals surface area contributed by atoms with Crippen molar-refractivity contribution in [1.29, 1.82) is 0 Å². The van der Waals surface area contributed by atoms with Crippen molar-refractivity contribution in [2.45, 2.75) is 20.3 Å². The lowest BCUT2D eigenvalue weighted by Gasteiger charge is -2.06. The van der Waals surface area contributed by atoms with E-state index in [1.807, 2.05) is 0 Å². The molecule has 0 saturated carbocycles. The van der Waals surface area contributed by atoms with Crippen LogP contribution in [0.4, 0.5) is 0 Å². The first-order valence-corrected chi connectivity index (χ1v) is 6.08. The molecule has 1 aromatic rings. The molecule has 0 aliphatic heterocycles. The number of halogens is 1. The second-order valence-corrected chi connectivity index (χ2v) is 4.59. The van der Waals surface area contributed by atoms with E-state index < -0.39 is 0 Å². The Balaban J connectivity index is 2.73. The van der Waals surface area contributed by atoms with E-state index in [0.717, 1.165) is 23.2 Å². The molecule has 0 nitrogen and oxygen atoms in total. The summed E-state index contributed by atoms with van der Waals surface area (Å²) in [5, 5.41) is 0.844. The number of rotatable bonds is 4. The maximum Gasteiger partial charge on any atom is 0.0283 e. The molecule has 0 aliphatic carbocycles. The van der Waals surface area contributed by atoms with Gasteiger partial charge < -0.3 is 0 Å². The Morgan fingerprint density at radius 2 is 1.86 bits per heavy atom. The van der Waals surface area contributed by atoms with Gasteiger partial charge in [-0.1, -0.05) is 60.6 Å². The van der Waals surface area contributed by atoms with Crippen LogP contribution < -0.4 is 0 Å². The smallest absolute Gasteiger partial charge is 0.0283 e. The lowest BCUT2D eigenvalue weighted by molar-refractivity contribution is 0.647. The Kier molecular flexibility index (Phi) is 4.40. The van der Waals surface area contributed by atoms with E-state index in [0.29, 0.717) is 0 Å². The highest BCUT2D eigenvalue weighted by Crippen LogP contribution is 2.16. The molecule has 1 heteroatoms. The van der Waals surface area contributed by atoms with Gasteiger partial charge in [0.15, 0.2) is 0 Å². The quantitative estimate of drug-likeness (QED) is 0.702. The van der Waals surface area contributed by atoms with Crippen molar-refractivity contribution in [2.75, 3.05) is 5.33 Å². The predicted molar refractivity (Wildman–Crippen MR) is 67.8 cm³/mol. The first kappa shape index (κ1) is 11.5. The number of alkyl halides is 1. The lowest BCUT2D eigenvalue weighted by Crippen LogP contribution is -1.94. The second kappa shape index (κ2) is 5.35. The van der Waals surface area contributed by atoms with Crippen LogP contribution in [0.1, 0.15) is 25.0 Å². The molecule has 1 aromatic carbocycles. The zero-order chi connectivity index (χ0) is 10.6. The Hall–Kier alpha value is -0.560. The fourth-order valence-corrected chi connectivity index (χ4v) is 1.75. The van der Waals surface area contributed by atoms with Crippen molar-refractivity contribution in [2.24, 2.45) is 5.92 Å². The molecule has 0 saturated heterocycles. The largest absolute Gasteiger partial charge is 0.0944 e. The molecule has 0 spiro atoms. The summed E-state index contributed by atoms with van der Waals surface area (Å²) in [5.74, 6) is 0.722. The molecule has 0 radical (unpaired) electrons. The summed E-state index contributed by atoms with van der Waals surface area (Å²) >= 11 is 3.41. The summed E-state index contributed by atoms with van der Waals surface area (Å²) in [7, 11) is 0. The average Bonchev–Trinajstić information content (AvgIpc) is 2.17. The van der Waals surface area contributed by atoms with Crippen LogP contribution in [0.15, 0.2) is 30.8 Å². The highest BCUT2D eigenvalue weighted by atomic mass is 79.9. The number of benzene rings is 1. The molecule has 0 unspecified atom stereocenters. The molecule has 76 valence electrons. The van der Waals surface area contributed by atoms with E-state index in [-0.39, 0.29) is 0 Å². The standard InChI is InChI=1S/C13H17Br/c1-10(2)8-12-4-6-13(7-5-12)11(3)9-14/h4-7,10H,3,8-9H2,1-2H3. The first-order valence-electron chi connectivity index (χ1n) is 4.96. The molecular formula is C13H17Br. The Bertz CT molecular complexity index is 296. The maximum atomic E-state index is 3.99. The van der Waals surface area contributed by atoms with E-state index in [1.54, 1.807) is 0 Å². The van der Waals surface area contributed by atoms with Crippen LogP contribution >= 0.6 is 15.9 Å². The van der Waals surface area contributed by atoms with E-state index in [2.05, 4.69) is 60.6 Å². The molecule has 0 fully saturated rings. The third kappa shape index (κ3) is 3.30. The molecule has 0 aliphatic rings. The minimum atomic E-state index is 0.722. The van der Waals surface area contributed by atoms with Crippen LogP contribution in [0.5, 0.6) is 0 Å². The van der Waals surface area contributed by atoms with Gasteiger partial charge in [-0.3, -0.25) is 0 Å². The van der Waals surface area contributed by atoms with Crippen molar-refractivity contribution >= 4 is 21.5 Å². The van der Waals surface area contributed by atoms with Gasteiger partial charge in [0.25, 0.3) is 0 Å². The fraction of sp³-hybridized carbons (Fsp3) is 0.385. The summed E-state index contributed by atoms with van der Waals surface area (Å²) in [5.41, 5.74) is 3.78. The van der Waals surface area contributed by atoms with Crippen LogP contribution in [-0.2, 0) is 6.42 Å². The number of allylic oxidation sites excluding steroid dienone is 1. The lowest BCUT2D eigenvalue weighted by atomic mass is 10.0. The highest BCUT2D eigenvalue weighted by molar-refractivity contribution is 9.09. The van der Waals surface area contributed by atoms with Gasteiger partial charge in [-0.2, -0.15) is 0 Å². The average molecular weight is 253 g/mol. The van der Waals surface area contributed by atoms with Crippen LogP contribution in [0.3, 0.4) is 0 Å². The Labute approximate surface area is 95.2 Å². The van der Waals surface area contributed by atoms with Gasteiger partial charge in [0.1, 0.15) is 0 Å². The van der Waals surface area contributed by atoms with Gasteiger partial charge in [-0.05, 0) is 29.0 Å². The normalized spacial score (nSPS) is 10.6. The summed E-state index contributed by atoms with van der Waals surface area (Å²) < 4.78 is 0. The zero-order valence-corrected chi connectivity index (χ0v) is 10.5. The number of hydrogen-bond donors (Lipinski definition) is 0. The Morgan fingerprint density at radius 3 is 2.29 bits per heavy atom. The topological polar surface area (TPSA) is 0 Å². The minimum Gasteiger partial charge on any atom is -0.0944 e. The second-order valence-electron chi connectivity index (χ2n) is 4.03. The van der Waals surface area contributed by atoms with Crippen molar-refractivity contribution in [3.05, 3.63) is 42.0 Å². The molecule has 1 rings (SSSR count). The molecule has 0 amide bonds. The van der Waals surface area contributed by atoms with E-state index in [9.17, 15) is 0 Å². The zero-order valence-electron chi connectivity index (χ0n) is 8.89. The fourth-order valence-electron chi connectivity index (χ4n) is 1.43. The molecule has 14 heavy (non-hydrogen) atoms. The number of hydrogen-bond acceptors (Lipinski definition) is 0. The minimum absolute atomic E-state index is 0.722. The van der Waals surface area contributed by atoms with Gasteiger partial charge in [0.2, 0.25) is 0 Å². The van der Waals surface area contributed by atoms with Crippen molar-refractivity contribution in [3.63, 3.8) is 0 Å². The summed E-state index contributed by atoms with van der Waals surface area (Å²) in [6.45, 7) is 8.47. The highest BCUT2D eigenvalue weighted by Gasteiger charge is 1.99. The molecule has 0 atom stereocenters. The molecule has 0 heterocycles. The predicted octanol–water partition coefficient (Wildman–Crippen LogP) is 4.29. The van der Waals surface area contributed by atoms with Crippen LogP contribution in [0, 0.1) is 5.92 Å². The van der Waals surface area contributed by atoms with Gasteiger partial charge in [0.05, 0.1) is 0 Å². The monoisotopic (exact) mass is 252 g/mol. The van der Waals surface area contributed by atoms with Gasteiger partial charge in [0, 0.05) is 5.33 Å².